The van der Waals surface area contributed by atoms with Crippen LogP contribution in [-0.4, -0.2) is 11.9 Å². The fourth-order valence-electron chi connectivity index (χ4n) is 1.34. The quantitative estimate of drug-likeness (QED) is 0.910. The standard InChI is InChI=1S/C11H11BrClNO/c12-8-2-1-7(10(13)6-8)5-11(15)14-9-3-4-9/h1-2,6,9H,3-5H2,(H,14,15). The molecule has 0 atom stereocenters. The molecule has 1 aromatic carbocycles. The lowest BCUT2D eigenvalue weighted by Gasteiger charge is -2.05. The summed E-state index contributed by atoms with van der Waals surface area (Å²) in [6, 6.07) is 5.98. The third-order valence-corrected chi connectivity index (χ3v) is 3.15. The minimum atomic E-state index is 0.0572. The Morgan fingerprint density at radius 3 is 2.87 bits per heavy atom. The van der Waals surface area contributed by atoms with E-state index in [1.807, 2.05) is 12.1 Å². The van der Waals surface area contributed by atoms with Crippen LogP contribution in [-0.2, 0) is 11.2 Å². The molecule has 80 valence electrons. The fraction of sp³-hybridized carbons (Fsp3) is 0.364. The van der Waals surface area contributed by atoms with Gasteiger partial charge in [0.05, 0.1) is 6.42 Å². The van der Waals surface area contributed by atoms with Gasteiger partial charge >= 0.3 is 0 Å². The molecule has 1 saturated carbocycles. The van der Waals surface area contributed by atoms with Crippen LogP contribution in [0, 0.1) is 0 Å². The number of carbonyl (C=O) groups excluding carboxylic acids is 1. The van der Waals surface area contributed by atoms with Crippen molar-refractivity contribution in [2.24, 2.45) is 0 Å². The van der Waals surface area contributed by atoms with Crippen molar-refractivity contribution in [1.29, 1.82) is 0 Å². The van der Waals surface area contributed by atoms with Crippen molar-refractivity contribution in [2.45, 2.75) is 25.3 Å². The second kappa shape index (κ2) is 4.54. The summed E-state index contributed by atoms with van der Waals surface area (Å²) in [6.07, 6.45) is 2.59. The minimum Gasteiger partial charge on any atom is -0.353 e. The van der Waals surface area contributed by atoms with Crippen LogP contribution >= 0.6 is 27.5 Å². The van der Waals surface area contributed by atoms with E-state index in [0.717, 1.165) is 22.9 Å². The van der Waals surface area contributed by atoms with Crippen molar-refractivity contribution in [3.8, 4) is 0 Å². The highest BCUT2D eigenvalue weighted by Crippen LogP contribution is 2.23. The van der Waals surface area contributed by atoms with Gasteiger partial charge in [-0.3, -0.25) is 4.79 Å². The number of halogens is 2. The molecule has 0 aliphatic heterocycles. The fourth-order valence-corrected chi connectivity index (χ4v) is 2.08. The number of nitrogens with one attached hydrogen (secondary N) is 1. The molecule has 4 heteroatoms. The molecule has 1 aliphatic rings. The first-order valence-corrected chi connectivity index (χ1v) is 6.05. The smallest absolute Gasteiger partial charge is 0.224 e. The topological polar surface area (TPSA) is 29.1 Å². The van der Waals surface area contributed by atoms with E-state index >= 15 is 0 Å². The van der Waals surface area contributed by atoms with Crippen LogP contribution in [0.4, 0.5) is 0 Å². The molecule has 2 nitrogen and oxygen atoms in total. The molecule has 0 heterocycles. The van der Waals surface area contributed by atoms with Gasteiger partial charge in [0.2, 0.25) is 5.91 Å². The Kier molecular flexibility index (Phi) is 3.32. The summed E-state index contributed by atoms with van der Waals surface area (Å²) >= 11 is 9.34. The molecule has 2 rings (SSSR count). The van der Waals surface area contributed by atoms with Crippen LogP contribution in [0.15, 0.2) is 22.7 Å². The monoisotopic (exact) mass is 287 g/mol. The van der Waals surface area contributed by atoms with Gasteiger partial charge in [-0.2, -0.15) is 0 Å². The Morgan fingerprint density at radius 2 is 2.27 bits per heavy atom. The Hall–Kier alpha value is -0.540. The molecule has 1 N–H and O–H groups in total. The molecule has 15 heavy (non-hydrogen) atoms. The van der Waals surface area contributed by atoms with E-state index in [1.165, 1.54) is 0 Å². The highest BCUT2D eigenvalue weighted by atomic mass is 79.9. The van der Waals surface area contributed by atoms with E-state index in [9.17, 15) is 4.79 Å². The van der Waals surface area contributed by atoms with Crippen molar-refractivity contribution in [3.05, 3.63) is 33.3 Å². The molecule has 0 saturated heterocycles. The van der Waals surface area contributed by atoms with Gasteiger partial charge in [0.15, 0.2) is 0 Å². The largest absolute Gasteiger partial charge is 0.353 e. The third kappa shape index (κ3) is 3.21. The summed E-state index contributed by atoms with van der Waals surface area (Å²) in [6.45, 7) is 0. The summed E-state index contributed by atoms with van der Waals surface area (Å²) in [7, 11) is 0. The number of hydrogen-bond acceptors (Lipinski definition) is 1. The molecule has 1 fully saturated rings. The van der Waals surface area contributed by atoms with Crippen LogP contribution < -0.4 is 5.32 Å². The van der Waals surface area contributed by atoms with Crippen LogP contribution in [0.1, 0.15) is 18.4 Å². The van der Waals surface area contributed by atoms with Gasteiger partial charge in [0.25, 0.3) is 0 Å². The first-order chi connectivity index (χ1) is 7.15. The maximum Gasteiger partial charge on any atom is 0.224 e. The third-order valence-electron chi connectivity index (χ3n) is 2.31. The summed E-state index contributed by atoms with van der Waals surface area (Å²) in [4.78, 5) is 11.5. The average molecular weight is 289 g/mol. The SMILES string of the molecule is O=C(Cc1ccc(Br)cc1Cl)NC1CC1. The molecule has 1 aliphatic carbocycles. The first-order valence-electron chi connectivity index (χ1n) is 4.88. The summed E-state index contributed by atoms with van der Waals surface area (Å²) in [5.41, 5.74) is 0.873. The second-order valence-electron chi connectivity index (χ2n) is 3.75. The zero-order valence-electron chi connectivity index (χ0n) is 8.09. The second-order valence-corrected chi connectivity index (χ2v) is 5.08. The van der Waals surface area contributed by atoms with Gasteiger partial charge < -0.3 is 5.32 Å². The van der Waals surface area contributed by atoms with Crippen molar-refractivity contribution >= 4 is 33.4 Å². The van der Waals surface area contributed by atoms with E-state index in [4.69, 9.17) is 11.6 Å². The maximum absolute atomic E-state index is 11.5. The predicted molar refractivity (Wildman–Crippen MR) is 64.0 cm³/mol. The Balaban J connectivity index is 1.99. The van der Waals surface area contributed by atoms with Gasteiger partial charge in [-0.25, -0.2) is 0 Å². The molecule has 0 radical (unpaired) electrons. The number of amides is 1. The van der Waals surface area contributed by atoms with Crippen LogP contribution in [0.3, 0.4) is 0 Å². The lowest BCUT2D eigenvalue weighted by atomic mass is 10.1. The summed E-state index contributed by atoms with van der Waals surface area (Å²) < 4.78 is 0.929. The lowest BCUT2D eigenvalue weighted by molar-refractivity contribution is -0.120. The normalized spacial score (nSPS) is 15.1. The molecule has 1 aromatic rings. The van der Waals surface area contributed by atoms with E-state index < -0.39 is 0 Å². The first kappa shape index (κ1) is 11.0. The van der Waals surface area contributed by atoms with Crippen LogP contribution in [0.25, 0.3) is 0 Å². The van der Waals surface area contributed by atoms with Crippen molar-refractivity contribution in [2.75, 3.05) is 0 Å². The zero-order chi connectivity index (χ0) is 10.8. The Bertz CT molecular complexity index is 390. The van der Waals surface area contributed by atoms with Gasteiger partial charge in [0.1, 0.15) is 0 Å². The van der Waals surface area contributed by atoms with Crippen molar-refractivity contribution in [3.63, 3.8) is 0 Å². The highest BCUT2D eigenvalue weighted by Gasteiger charge is 2.23. The van der Waals surface area contributed by atoms with Crippen LogP contribution in [0.5, 0.6) is 0 Å². The lowest BCUT2D eigenvalue weighted by Crippen LogP contribution is -2.27. The molecule has 0 bridgehead atoms. The number of hydrogen-bond donors (Lipinski definition) is 1. The number of rotatable bonds is 3. The predicted octanol–water partition coefficient (Wildman–Crippen LogP) is 2.92. The van der Waals surface area contributed by atoms with Gasteiger partial charge in [-0.05, 0) is 30.5 Å². The van der Waals surface area contributed by atoms with Crippen LogP contribution in [0.2, 0.25) is 5.02 Å². The number of carbonyl (C=O) groups is 1. The van der Waals surface area contributed by atoms with E-state index in [2.05, 4.69) is 21.2 Å². The Morgan fingerprint density at radius 1 is 1.53 bits per heavy atom. The van der Waals surface area contributed by atoms with Gasteiger partial charge in [-0.1, -0.05) is 33.6 Å². The molecule has 1 amide bonds. The van der Waals surface area contributed by atoms with Gasteiger partial charge in [-0.15, -0.1) is 0 Å². The van der Waals surface area contributed by atoms with E-state index in [-0.39, 0.29) is 5.91 Å². The number of benzene rings is 1. The molecular weight excluding hydrogens is 277 g/mol. The Labute approximate surface area is 102 Å². The molecule has 0 spiro atoms. The highest BCUT2D eigenvalue weighted by molar-refractivity contribution is 9.10. The summed E-state index contributed by atoms with van der Waals surface area (Å²) in [5, 5.41) is 3.57. The zero-order valence-corrected chi connectivity index (χ0v) is 10.4. The van der Waals surface area contributed by atoms with Crippen molar-refractivity contribution < 1.29 is 4.79 Å². The summed E-state index contributed by atoms with van der Waals surface area (Å²) in [5.74, 6) is 0.0572. The average Bonchev–Trinajstić information content (AvgIpc) is 2.94. The minimum absolute atomic E-state index is 0.0572. The van der Waals surface area contributed by atoms with E-state index in [0.29, 0.717) is 17.5 Å². The van der Waals surface area contributed by atoms with Crippen molar-refractivity contribution in [1.82, 2.24) is 5.32 Å². The maximum atomic E-state index is 11.5. The molecule has 0 aromatic heterocycles. The van der Waals surface area contributed by atoms with Gasteiger partial charge in [0, 0.05) is 15.5 Å². The van der Waals surface area contributed by atoms with E-state index in [1.54, 1.807) is 6.07 Å². The molecular formula is C11H11BrClNO. The molecule has 0 unspecified atom stereocenters.